The number of carbonyl (C=O) groups is 1. The molecule has 30 heavy (non-hydrogen) atoms. The van der Waals surface area contributed by atoms with Crippen LogP contribution in [0.25, 0.3) is 5.65 Å². The van der Waals surface area contributed by atoms with Crippen molar-refractivity contribution in [1.82, 2.24) is 14.5 Å². The maximum absolute atomic E-state index is 13.9. The summed E-state index contributed by atoms with van der Waals surface area (Å²) in [5, 5.41) is 6.61. The number of benzene rings is 1. The first kappa shape index (κ1) is 19.6. The number of pyridine rings is 1. The molecular formula is C21H18F2N4O3. The maximum Gasteiger partial charge on any atom is 0.274 e. The fourth-order valence-corrected chi connectivity index (χ4v) is 3.20. The lowest BCUT2D eigenvalue weighted by molar-refractivity contribution is 0.102. The fourth-order valence-electron chi connectivity index (χ4n) is 3.20. The van der Waals surface area contributed by atoms with Crippen LogP contribution in [0, 0.1) is 32.4 Å². The quantitative estimate of drug-likeness (QED) is 0.527. The first-order chi connectivity index (χ1) is 14.4. The number of fused-ring (bicyclic) bond motifs is 1. The van der Waals surface area contributed by atoms with E-state index in [1.54, 1.807) is 43.5 Å². The number of aromatic nitrogens is 3. The van der Waals surface area contributed by atoms with Crippen molar-refractivity contribution in [3.05, 3.63) is 76.6 Å². The Balaban J connectivity index is 1.66. The van der Waals surface area contributed by atoms with E-state index in [2.05, 4.69) is 15.5 Å². The average Bonchev–Trinajstić information content (AvgIpc) is 3.21. The third-order valence-corrected chi connectivity index (χ3v) is 4.71. The van der Waals surface area contributed by atoms with Crippen molar-refractivity contribution in [2.45, 2.75) is 27.4 Å². The number of amides is 1. The van der Waals surface area contributed by atoms with Crippen LogP contribution in [0.4, 0.5) is 14.5 Å². The van der Waals surface area contributed by atoms with Crippen molar-refractivity contribution in [3.8, 4) is 5.75 Å². The maximum atomic E-state index is 13.9. The zero-order valence-corrected chi connectivity index (χ0v) is 16.5. The summed E-state index contributed by atoms with van der Waals surface area (Å²) >= 11 is 0. The van der Waals surface area contributed by atoms with Crippen molar-refractivity contribution in [3.63, 3.8) is 0 Å². The Morgan fingerprint density at radius 2 is 1.87 bits per heavy atom. The van der Waals surface area contributed by atoms with E-state index in [4.69, 9.17) is 9.26 Å². The number of carbonyl (C=O) groups excluding carboxylic acids is 1. The molecule has 0 saturated heterocycles. The number of nitrogens with zero attached hydrogens (tertiary/aromatic N) is 3. The van der Waals surface area contributed by atoms with Crippen LogP contribution in [0.1, 0.15) is 33.2 Å². The number of nitrogens with one attached hydrogen (secondary N) is 1. The van der Waals surface area contributed by atoms with E-state index >= 15 is 0 Å². The van der Waals surface area contributed by atoms with Gasteiger partial charge < -0.3 is 14.6 Å². The van der Waals surface area contributed by atoms with Gasteiger partial charge in [0, 0.05) is 6.20 Å². The summed E-state index contributed by atoms with van der Waals surface area (Å²) in [6.45, 7) is 4.80. The van der Waals surface area contributed by atoms with Crippen LogP contribution < -0.4 is 10.1 Å². The van der Waals surface area contributed by atoms with Crippen LogP contribution in [0.15, 0.2) is 41.1 Å². The minimum Gasteiger partial charge on any atom is -0.485 e. The molecule has 0 aliphatic carbocycles. The van der Waals surface area contributed by atoms with Crippen LogP contribution in [-0.2, 0) is 6.61 Å². The molecule has 1 N–H and O–H groups in total. The van der Waals surface area contributed by atoms with Gasteiger partial charge in [0.1, 0.15) is 35.3 Å². The predicted octanol–water partition coefficient (Wildman–Crippen LogP) is 4.36. The van der Waals surface area contributed by atoms with Crippen LogP contribution >= 0.6 is 0 Å². The summed E-state index contributed by atoms with van der Waals surface area (Å²) in [5.41, 5.74) is 2.00. The molecule has 0 aliphatic heterocycles. The third-order valence-electron chi connectivity index (χ3n) is 4.71. The Morgan fingerprint density at radius 3 is 2.53 bits per heavy atom. The summed E-state index contributed by atoms with van der Waals surface area (Å²) in [4.78, 5) is 17.3. The van der Waals surface area contributed by atoms with Crippen molar-refractivity contribution in [2.24, 2.45) is 0 Å². The van der Waals surface area contributed by atoms with Gasteiger partial charge in [0.25, 0.3) is 5.91 Å². The van der Waals surface area contributed by atoms with Gasteiger partial charge in [-0.2, -0.15) is 0 Å². The monoisotopic (exact) mass is 412 g/mol. The Morgan fingerprint density at radius 1 is 1.13 bits per heavy atom. The van der Waals surface area contributed by atoms with Crippen molar-refractivity contribution < 1.29 is 22.8 Å². The largest absolute Gasteiger partial charge is 0.485 e. The number of anilines is 1. The molecule has 0 radical (unpaired) electrons. The van der Waals surface area contributed by atoms with Crippen molar-refractivity contribution in [1.29, 1.82) is 0 Å². The molecule has 154 valence electrons. The molecule has 3 aromatic heterocycles. The number of imidazole rings is 1. The number of aryl methyl sites for hydroxylation is 3. The fraction of sp³-hybridized carbons (Fsp3) is 0.190. The topological polar surface area (TPSA) is 81.7 Å². The van der Waals surface area contributed by atoms with Gasteiger partial charge in [-0.25, -0.2) is 13.8 Å². The predicted molar refractivity (Wildman–Crippen MR) is 105 cm³/mol. The lowest BCUT2D eigenvalue weighted by atomic mass is 10.2. The highest BCUT2D eigenvalue weighted by Crippen LogP contribution is 2.26. The highest BCUT2D eigenvalue weighted by Gasteiger charge is 2.21. The van der Waals surface area contributed by atoms with Gasteiger partial charge in [-0.05, 0) is 45.0 Å². The second-order valence-corrected chi connectivity index (χ2v) is 6.75. The molecule has 3 heterocycles. The smallest absolute Gasteiger partial charge is 0.274 e. The molecule has 7 nitrogen and oxygen atoms in total. The Bertz CT molecular complexity index is 1220. The SMILES string of the molecule is Cc1noc(C)c1NC(=O)c1c(C)nc2c(OCc3c(F)cccc3F)cccn12. The van der Waals surface area contributed by atoms with E-state index in [-0.39, 0.29) is 12.2 Å². The molecule has 1 aromatic carbocycles. The molecule has 1 amide bonds. The van der Waals surface area contributed by atoms with Crippen LogP contribution in [0.3, 0.4) is 0 Å². The first-order valence-corrected chi connectivity index (χ1v) is 9.14. The van der Waals surface area contributed by atoms with Gasteiger partial charge in [-0.1, -0.05) is 11.2 Å². The van der Waals surface area contributed by atoms with Gasteiger partial charge >= 0.3 is 0 Å². The number of hydrogen-bond acceptors (Lipinski definition) is 5. The van der Waals surface area contributed by atoms with Gasteiger partial charge in [0.05, 0.1) is 11.3 Å². The summed E-state index contributed by atoms with van der Waals surface area (Å²) in [7, 11) is 0. The van der Waals surface area contributed by atoms with Gasteiger partial charge in [0.2, 0.25) is 0 Å². The Labute approximate surface area is 170 Å². The van der Waals surface area contributed by atoms with Gasteiger partial charge in [0.15, 0.2) is 17.2 Å². The second kappa shape index (κ2) is 7.58. The summed E-state index contributed by atoms with van der Waals surface area (Å²) < 4.78 is 40.0. The van der Waals surface area contributed by atoms with E-state index in [0.29, 0.717) is 39.9 Å². The molecule has 0 fully saturated rings. The average molecular weight is 412 g/mol. The highest BCUT2D eigenvalue weighted by atomic mass is 19.1. The Kier molecular flexibility index (Phi) is 4.94. The number of ether oxygens (including phenoxy) is 1. The number of halogens is 2. The van der Waals surface area contributed by atoms with Crippen molar-refractivity contribution in [2.75, 3.05) is 5.32 Å². The minimum absolute atomic E-state index is 0.181. The highest BCUT2D eigenvalue weighted by molar-refractivity contribution is 6.05. The molecule has 4 aromatic rings. The molecule has 0 saturated carbocycles. The van der Waals surface area contributed by atoms with E-state index in [9.17, 15) is 13.6 Å². The molecule has 0 aliphatic rings. The van der Waals surface area contributed by atoms with E-state index in [0.717, 1.165) is 0 Å². The number of rotatable bonds is 5. The lowest BCUT2D eigenvalue weighted by Gasteiger charge is -2.10. The molecule has 0 atom stereocenters. The van der Waals surface area contributed by atoms with E-state index in [1.165, 1.54) is 18.2 Å². The zero-order valence-electron chi connectivity index (χ0n) is 16.5. The minimum atomic E-state index is -0.694. The molecule has 9 heteroatoms. The van der Waals surface area contributed by atoms with E-state index in [1.807, 2.05) is 0 Å². The van der Waals surface area contributed by atoms with Crippen molar-refractivity contribution >= 4 is 17.2 Å². The molecule has 0 bridgehead atoms. The summed E-state index contributed by atoms with van der Waals surface area (Å²) in [5.74, 6) is -1.00. The van der Waals surface area contributed by atoms with Crippen LogP contribution in [0.5, 0.6) is 5.75 Å². The second-order valence-electron chi connectivity index (χ2n) is 6.75. The molecule has 0 spiro atoms. The normalized spacial score (nSPS) is 11.1. The third kappa shape index (κ3) is 3.38. The molecule has 0 unspecified atom stereocenters. The summed E-state index contributed by atoms with van der Waals surface area (Å²) in [6.07, 6.45) is 1.66. The molecule has 4 rings (SSSR count). The number of hydrogen-bond donors (Lipinski definition) is 1. The van der Waals surface area contributed by atoms with Gasteiger partial charge in [-0.3, -0.25) is 9.20 Å². The lowest BCUT2D eigenvalue weighted by Crippen LogP contribution is -2.16. The Hall–Kier alpha value is -3.75. The van der Waals surface area contributed by atoms with Crippen LogP contribution in [-0.4, -0.2) is 20.4 Å². The first-order valence-electron chi connectivity index (χ1n) is 9.14. The molecular weight excluding hydrogens is 394 g/mol. The standard InChI is InChI=1S/C21H18F2N4O3/c1-11-18(13(3)30-26-11)25-21(28)19-12(2)24-20-17(8-5-9-27(19)20)29-10-14-15(22)6-4-7-16(14)23/h4-9H,10H2,1-3H3,(H,25,28). The van der Waals surface area contributed by atoms with E-state index < -0.39 is 17.5 Å². The van der Waals surface area contributed by atoms with Gasteiger partial charge in [-0.15, -0.1) is 0 Å². The zero-order chi connectivity index (χ0) is 21.4. The summed E-state index contributed by atoms with van der Waals surface area (Å²) in [6, 6.07) is 6.90. The van der Waals surface area contributed by atoms with Crippen LogP contribution in [0.2, 0.25) is 0 Å².